The lowest BCUT2D eigenvalue weighted by Crippen LogP contribution is -2.51. The van der Waals surface area contributed by atoms with Gasteiger partial charge < -0.3 is 19.9 Å². The van der Waals surface area contributed by atoms with Gasteiger partial charge in [-0.2, -0.15) is 0 Å². The Labute approximate surface area is 148 Å². The van der Waals surface area contributed by atoms with E-state index >= 15 is 0 Å². The number of hydrogen-bond donors (Lipinski definition) is 1. The molecule has 2 aromatic rings. The molecule has 0 bridgehead atoms. The fraction of sp³-hybridized carbons (Fsp3) is 0.368. The third kappa shape index (κ3) is 4.21. The predicted octanol–water partition coefficient (Wildman–Crippen LogP) is 2.43. The molecule has 0 spiro atoms. The Morgan fingerprint density at radius 3 is 2.72 bits per heavy atom. The van der Waals surface area contributed by atoms with Gasteiger partial charge in [-0.3, -0.25) is 4.98 Å². The van der Waals surface area contributed by atoms with Crippen molar-refractivity contribution in [2.75, 3.05) is 38.2 Å². The van der Waals surface area contributed by atoms with E-state index in [2.05, 4.69) is 28.2 Å². The van der Waals surface area contributed by atoms with Gasteiger partial charge in [0.1, 0.15) is 5.75 Å². The van der Waals surface area contributed by atoms with E-state index in [1.807, 2.05) is 29.2 Å². The highest BCUT2D eigenvalue weighted by Crippen LogP contribution is 2.29. The standard InChI is InChI=1S/C19H24N4O2/c1-15-5-6-18(25-2)17(12-15)22-8-10-23(11-9-22)19(24)21-14-16-4-3-7-20-13-16/h3-7,12-13H,8-11,14H2,1-2H3,(H,21,24). The van der Waals surface area contributed by atoms with Crippen molar-refractivity contribution in [3.8, 4) is 5.75 Å². The van der Waals surface area contributed by atoms with Crippen molar-refractivity contribution < 1.29 is 9.53 Å². The van der Waals surface area contributed by atoms with Crippen LogP contribution in [0.25, 0.3) is 0 Å². The molecule has 25 heavy (non-hydrogen) atoms. The third-order valence-corrected chi connectivity index (χ3v) is 4.41. The monoisotopic (exact) mass is 340 g/mol. The van der Waals surface area contributed by atoms with Crippen molar-refractivity contribution in [3.05, 3.63) is 53.9 Å². The summed E-state index contributed by atoms with van der Waals surface area (Å²) in [7, 11) is 1.69. The molecule has 3 rings (SSSR count). The van der Waals surface area contributed by atoms with E-state index in [9.17, 15) is 4.79 Å². The summed E-state index contributed by atoms with van der Waals surface area (Å²) in [5.74, 6) is 0.875. The van der Waals surface area contributed by atoms with Gasteiger partial charge in [-0.05, 0) is 36.2 Å². The molecular formula is C19H24N4O2. The van der Waals surface area contributed by atoms with Gasteiger partial charge in [0.25, 0.3) is 0 Å². The zero-order chi connectivity index (χ0) is 17.6. The minimum atomic E-state index is -0.0280. The van der Waals surface area contributed by atoms with E-state index < -0.39 is 0 Å². The average Bonchev–Trinajstić information content (AvgIpc) is 2.67. The molecule has 2 heterocycles. The molecule has 2 amide bonds. The van der Waals surface area contributed by atoms with Gasteiger partial charge in [0.2, 0.25) is 0 Å². The molecule has 1 aliphatic heterocycles. The lowest BCUT2D eigenvalue weighted by atomic mass is 10.1. The van der Waals surface area contributed by atoms with Crippen molar-refractivity contribution in [1.82, 2.24) is 15.2 Å². The number of ether oxygens (including phenoxy) is 1. The highest BCUT2D eigenvalue weighted by Gasteiger charge is 2.22. The number of hydrogen-bond acceptors (Lipinski definition) is 4. The molecule has 0 atom stereocenters. The van der Waals surface area contributed by atoms with Crippen molar-refractivity contribution in [3.63, 3.8) is 0 Å². The molecule has 132 valence electrons. The number of benzene rings is 1. The second-order valence-corrected chi connectivity index (χ2v) is 6.17. The van der Waals surface area contributed by atoms with E-state index in [4.69, 9.17) is 4.74 Å². The largest absolute Gasteiger partial charge is 0.495 e. The first-order valence-electron chi connectivity index (χ1n) is 8.48. The van der Waals surface area contributed by atoms with Gasteiger partial charge in [0, 0.05) is 45.1 Å². The van der Waals surface area contributed by atoms with Crippen molar-refractivity contribution in [2.45, 2.75) is 13.5 Å². The summed E-state index contributed by atoms with van der Waals surface area (Å²) in [5.41, 5.74) is 3.30. The number of urea groups is 1. The number of nitrogens with one attached hydrogen (secondary N) is 1. The molecule has 1 aromatic carbocycles. The predicted molar refractivity (Wildman–Crippen MR) is 98.0 cm³/mol. The van der Waals surface area contributed by atoms with Gasteiger partial charge in [-0.15, -0.1) is 0 Å². The Balaban J connectivity index is 1.55. The number of amides is 2. The summed E-state index contributed by atoms with van der Waals surface area (Å²) in [6, 6.07) is 9.98. The smallest absolute Gasteiger partial charge is 0.317 e. The molecule has 0 aliphatic carbocycles. The average molecular weight is 340 g/mol. The number of rotatable bonds is 4. The van der Waals surface area contributed by atoms with Gasteiger partial charge in [0.05, 0.1) is 12.8 Å². The number of nitrogens with zero attached hydrogens (tertiary/aromatic N) is 3. The normalized spacial score (nSPS) is 14.3. The Morgan fingerprint density at radius 1 is 1.24 bits per heavy atom. The zero-order valence-electron chi connectivity index (χ0n) is 14.7. The highest BCUT2D eigenvalue weighted by molar-refractivity contribution is 5.74. The molecule has 1 aliphatic rings. The maximum Gasteiger partial charge on any atom is 0.317 e. The van der Waals surface area contributed by atoms with Crippen LogP contribution in [-0.4, -0.2) is 49.2 Å². The van der Waals surface area contributed by atoms with Crippen molar-refractivity contribution >= 4 is 11.7 Å². The molecule has 0 radical (unpaired) electrons. The lowest BCUT2D eigenvalue weighted by Gasteiger charge is -2.36. The number of carbonyl (C=O) groups excluding carboxylic acids is 1. The maximum atomic E-state index is 12.3. The number of methoxy groups -OCH3 is 1. The third-order valence-electron chi connectivity index (χ3n) is 4.41. The summed E-state index contributed by atoms with van der Waals surface area (Å²) in [4.78, 5) is 20.5. The fourth-order valence-electron chi connectivity index (χ4n) is 2.99. The van der Waals surface area contributed by atoms with Gasteiger partial charge in [-0.1, -0.05) is 12.1 Å². The Bertz CT molecular complexity index is 713. The number of aryl methyl sites for hydroxylation is 1. The van der Waals surface area contributed by atoms with Crippen LogP contribution in [0.3, 0.4) is 0 Å². The summed E-state index contributed by atoms with van der Waals surface area (Å²) >= 11 is 0. The minimum Gasteiger partial charge on any atom is -0.495 e. The molecule has 1 aromatic heterocycles. The second kappa shape index (κ2) is 7.88. The first-order chi connectivity index (χ1) is 12.2. The molecule has 1 fully saturated rings. The van der Waals surface area contributed by atoms with E-state index in [-0.39, 0.29) is 6.03 Å². The number of aromatic nitrogens is 1. The van der Waals surface area contributed by atoms with Crippen LogP contribution in [0.15, 0.2) is 42.7 Å². The van der Waals surface area contributed by atoms with Crippen LogP contribution in [0.2, 0.25) is 0 Å². The zero-order valence-corrected chi connectivity index (χ0v) is 14.7. The number of carbonyl (C=O) groups is 1. The molecule has 1 saturated heterocycles. The van der Waals surface area contributed by atoms with Crippen molar-refractivity contribution in [1.29, 1.82) is 0 Å². The topological polar surface area (TPSA) is 57.7 Å². The minimum absolute atomic E-state index is 0.0280. The van der Waals surface area contributed by atoms with Gasteiger partial charge in [0.15, 0.2) is 0 Å². The Hall–Kier alpha value is -2.76. The van der Waals surface area contributed by atoms with Crippen LogP contribution in [0.4, 0.5) is 10.5 Å². The molecule has 0 unspecified atom stereocenters. The lowest BCUT2D eigenvalue weighted by molar-refractivity contribution is 0.194. The molecule has 6 heteroatoms. The van der Waals surface area contributed by atoms with Crippen LogP contribution in [0.5, 0.6) is 5.75 Å². The highest BCUT2D eigenvalue weighted by atomic mass is 16.5. The van der Waals surface area contributed by atoms with Gasteiger partial charge >= 0.3 is 6.03 Å². The van der Waals surface area contributed by atoms with Crippen LogP contribution < -0.4 is 15.0 Å². The number of anilines is 1. The van der Waals surface area contributed by atoms with Crippen LogP contribution in [0.1, 0.15) is 11.1 Å². The maximum absolute atomic E-state index is 12.3. The molecule has 0 saturated carbocycles. The van der Waals surface area contributed by atoms with Crippen LogP contribution >= 0.6 is 0 Å². The van der Waals surface area contributed by atoms with E-state index in [0.717, 1.165) is 30.1 Å². The number of pyridine rings is 1. The Kier molecular flexibility index (Phi) is 5.38. The summed E-state index contributed by atoms with van der Waals surface area (Å²) in [5, 5.41) is 2.96. The summed E-state index contributed by atoms with van der Waals surface area (Å²) < 4.78 is 5.47. The first-order valence-corrected chi connectivity index (χ1v) is 8.48. The van der Waals surface area contributed by atoms with Gasteiger partial charge in [-0.25, -0.2) is 4.79 Å². The van der Waals surface area contributed by atoms with E-state index in [1.54, 1.807) is 19.5 Å². The second-order valence-electron chi connectivity index (χ2n) is 6.17. The quantitative estimate of drug-likeness (QED) is 0.929. The number of piperazine rings is 1. The molecule has 6 nitrogen and oxygen atoms in total. The molecular weight excluding hydrogens is 316 g/mol. The summed E-state index contributed by atoms with van der Waals surface area (Å²) in [6.45, 7) is 5.54. The van der Waals surface area contributed by atoms with Crippen LogP contribution in [-0.2, 0) is 6.54 Å². The fourth-order valence-corrected chi connectivity index (χ4v) is 2.99. The van der Waals surface area contributed by atoms with Crippen LogP contribution in [0, 0.1) is 6.92 Å². The van der Waals surface area contributed by atoms with E-state index in [1.165, 1.54) is 5.56 Å². The first kappa shape index (κ1) is 17.1. The van der Waals surface area contributed by atoms with E-state index in [0.29, 0.717) is 19.6 Å². The Morgan fingerprint density at radius 2 is 2.04 bits per heavy atom. The van der Waals surface area contributed by atoms with Crippen molar-refractivity contribution in [2.24, 2.45) is 0 Å². The molecule has 1 N–H and O–H groups in total. The summed E-state index contributed by atoms with van der Waals surface area (Å²) in [6.07, 6.45) is 3.49. The SMILES string of the molecule is COc1ccc(C)cc1N1CCN(C(=O)NCc2cccnc2)CC1.